The Balaban J connectivity index is 1.94. The van der Waals surface area contributed by atoms with Crippen molar-refractivity contribution in [1.29, 1.82) is 0 Å². The van der Waals surface area contributed by atoms with Gasteiger partial charge in [0.15, 0.2) is 5.65 Å². The van der Waals surface area contributed by atoms with E-state index >= 15 is 0 Å². The van der Waals surface area contributed by atoms with E-state index in [1.807, 2.05) is 0 Å². The molecule has 0 bridgehead atoms. The number of carbonyl (C=O) groups is 1. The molecule has 0 fully saturated rings. The lowest BCUT2D eigenvalue weighted by atomic mass is 10.0. The molecule has 1 aromatic carbocycles. The molecule has 0 radical (unpaired) electrons. The second kappa shape index (κ2) is 5.63. The van der Waals surface area contributed by atoms with Crippen molar-refractivity contribution in [3.05, 3.63) is 59.0 Å². The van der Waals surface area contributed by atoms with Crippen LogP contribution in [-0.2, 0) is 6.18 Å². The maximum Gasteiger partial charge on any atom is 0.416 e. The van der Waals surface area contributed by atoms with Crippen LogP contribution >= 0.6 is 0 Å². The van der Waals surface area contributed by atoms with Gasteiger partial charge in [-0.25, -0.2) is 9.50 Å². The fraction of sp³-hybridized carbons (Fsp3) is 0.188. The summed E-state index contributed by atoms with van der Waals surface area (Å²) in [5, 5.41) is 6.64. The Morgan fingerprint density at radius 1 is 1.21 bits per heavy atom. The van der Waals surface area contributed by atoms with Gasteiger partial charge in [0.25, 0.3) is 5.91 Å². The van der Waals surface area contributed by atoms with Gasteiger partial charge in [0.05, 0.1) is 11.8 Å². The molecular formula is C16H13F3N4O. The lowest BCUT2D eigenvalue weighted by molar-refractivity contribution is -0.138. The van der Waals surface area contributed by atoms with E-state index < -0.39 is 17.6 Å². The third-order valence-electron chi connectivity index (χ3n) is 3.86. The van der Waals surface area contributed by atoms with Gasteiger partial charge in [-0.1, -0.05) is 0 Å². The standard InChI is InChI=1S/C16H13F3N4O/c1-9-10(2)13(5-4-12(9)16(17,18)19)22-15(24)11-8-21-23-7-3-6-20-14(11)23/h3-8H,1-2H3,(H,22,24). The van der Waals surface area contributed by atoms with Crippen LogP contribution in [0.5, 0.6) is 0 Å². The van der Waals surface area contributed by atoms with Crippen LogP contribution < -0.4 is 5.32 Å². The van der Waals surface area contributed by atoms with E-state index in [0.717, 1.165) is 6.07 Å². The molecule has 3 rings (SSSR count). The number of amides is 1. The lowest BCUT2D eigenvalue weighted by Gasteiger charge is -2.16. The molecule has 0 unspecified atom stereocenters. The van der Waals surface area contributed by atoms with Crippen LogP contribution in [0.15, 0.2) is 36.8 Å². The third kappa shape index (κ3) is 2.70. The zero-order valence-electron chi connectivity index (χ0n) is 12.8. The normalized spacial score (nSPS) is 11.7. The Bertz CT molecular complexity index is 931. The first-order chi connectivity index (χ1) is 11.3. The highest BCUT2D eigenvalue weighted by atomic mass is 19.4. The fourth-order valence-electron chi connectivity index (χ4n) is 2.44. The van der Waals surface area contributed by atoms with Crippen LogP contribution in [0.25, 0.3) is 5.65 Å². The number of halogens is 3. The number of benzene rings is 1. The highest BCUT2D eigenvalue weighted by Crippen LogP contribution is 2.35. The smallest absolute Gasteiger partial charge is 0.322 e. The van der Waals surface area contributed by atoms with Crippen molar-refractivity contribution in [3.8, 4) is 0 Å². The topological polar surface area (TPSA) is 59.3 Å². The largest absolute Gasteiger partial charge is 0.416 e. The molecule has 0 spiro atoms. The number of rotatable bonds is 2. The van der Waals surface area contributed by atoms with Crippen molar-refractivity contribution in [1.82, 2.24) is 14.6 Å². The molecule has 2 heterocycles. The maximum atomic E-state index is 12.9. The van der Waals surface area contributed by atoms with Crippen molar-refractivity contribution >= 4 is 17.2 Å². The number of nitrogens with zero attached hydrogens (tertiary/aromatic N) is 3. The molecule has 2 aromatic heterocycles. The molecule has 0 atom stereocenters. The van der Waals surface area contributed by atoms with Gasteiger partial charge in [-0.3, -0.25) is 4.79 Å². The van der Waals surface area contributed by atoms with E-state index in [1.54, 1.807) is 12.3 Å². The summed E-state index contributed by atoms with van der Waals surface area (Å²) in [6.07, 6.45) is 0.113. The number of hydrogen-bond donors (Lipinski definition) is 1. The molecule has 0 saturated heterocycles. The second-order valence-electron chi connectivity index (χ2n) is 5.31. The van der Waals surface area contributed by atoms with Crippen molar-refractivity contribution in [2.75, 3.05) is 5.32 Å². The quantitative estimate of drug-likeness (QED) is 0.779. The summed E-state index contributed by atoms with van der Waals surface area (Å²) < 4.78 is 40.2. The summed E-state index contributed by atoms with van der Waals surface area (Å²) in [7, 11) is 0. The van der Waals surface area contributed by atoms with Crippen LogP contribution in [-0.4, -0.2) is 20.5 Å². The van der Waals surface area contributed by atoms with E-state index in [-0.39, 0.29) is 11.1 Å². The van der Waals surface area contributed by atoms with Crippen LogP contribution in [0.2, 0.25) is 0 Å². The van der Waals surface area contributed by atoms with E-state index in [0.29, 0.717) is 16.9 Å². The number of nitrogens with one attached hydrogen (secondary N) is 1. The molecular weight excluding hydrogens is 321 g/mol. The van der Waals surface area contributed by atoms with E-state index in [9.17, 15) is 18.0 Å². The minimum absolute atomic E-state index is 0.0817. The molecule has 3 aromatic rings. The average molecular weight is 334 g/mol. The van der Waals surface area contributed by atoms with Crippen LogP contribution in [0.1, 0.15) is 27.0 Å². The van der Waals surface area contributed by atoms with Gasteiger partial charge >= 0.3 is 6.18 Å². The Morgan fingerprint density at radius 3 is 2.67 bits per heavy atom. The third-order valence-corrected chi connectivity index (χ3v) is 3.86. The average Bonchev–Trinajstić information content (AvgIpc) is 2.94. The van der Waals surface area contributed by atoms with Crippen molar-refractivity contribution < 1.29 is 18.0 Å². The number of fused-ring (bicyclic) bond motifs is 1. The van der Waals surface area contributed by atoms with Gasteiger partial charge in [-0.05, 0) is 43.2 Å². The molecule has 1 N–H and O–H groups in total. The Hall–Kier alpha value is -2.90. The second-order valence-corrected chi connectivity index (χ2v) is 5.31. The predicted molar refractivity (Wildman–Crippen MR) is 81.9 cm³/mol. The van der Waals surface area contributed by atoms with Gasteiger partial charge in [-0.2, -0.15) is 18.3 Å². The van der Waals surface area contributed by atoms with Crippen molar-refractivity contribution in [3.63, 3.8) is 0 Å². The van der Waals surface area contributed by atoms with Gasteiger partial charge in [0, 0.05) is 18.1 Å². The molecule has 5 nitrogen and oxygen atoms in total. The number of anilines is 1. The molecule has 0 saturated carbocycles. The first kappa shape index (κ1) is 16.0. The molecule has 8 heteroatoms. The summed E-state index contributed by atoms with van der Waals surface area (Å²) in [5.41, 5.74) is 0.668. The highest BCUT2D eigenvalue weighted by Gasteiger charge is 2.33. The highest BCUT2D eigenvalue weighted by molar-refractivity contribution is 6.08. The minimum Gasteiger partial charge on any atom is -0.322 e. The van der Waals surface area contributed by atoms with Crippen molar-refractivity contribution in [2.45, 2.75) is 20.0 Å². The maximum absolute atomic E-state index is 12.9. The molecule has 1 amide bonds. The number of aromatic nitrogens is 3. The van der Waals surface area contributed by atoms with Gasteiger partial charge in [0.1, 0.15) is 5.56 Å². The van der Waals surface area contributed by atoms with Gasteiger partial charge in [-0.15, -0.1) is 0 Å². The summed E-state index contributed by atoms with van der Waals surface area (Å²) >= 11 is 0. The Morgan fingerprint density at radius 2 is 1.96 bits per heavy atom. The minimum atomic E-state index is -4.43. The van der Waals surface area contributed by atoms with Gasteiger partial charge in [0.2, 0.25) is 0 Å². The van der Waals surface area contributed by atoms with Crippen molar-refractivity contribution in [2.24, 2.45) is 0 Å². The summed E-state index contributed by atoms with van der Waals surface area (Å²) in [6, 6.07) is 3.89. The lowest BCUT2D eigenvalue weighted by Crippen LogP contribution is -2.15. The molecule has 124 valence electrons. The van der Waals surface area contributed by atoms with Crippen LogP contribution in [0.3, 0.4) is 0 Å². The summed E-state index contributed by atoms with van der Waals surface area (Å²) in [5.74, 6) is -0.481. The number of alkyl halides is 3. The monoisotopic (exact) mass is 334 g/mol. The zero-order valence-corrected chi connectivity index (χ0v) is 12.8. The van der Waals surface area contributed by atoms with Gasteiger partial charge < -0.3 is 5.32 Å². The fourth-order valence-corrected chi connectivity index (χ4v) is 2.44. The predicted octanol–water partition coefficient (Wildman–Crippen LogP) is 3.62. The zero-order chi connectivity index (χ0) is 17.5. The van der Waals surface area contributed by atoms with Crippen LogP contribution in [0, 0.1) is 13.8 Å². The van der Waals surface area contributed by atoms with E-state index in [4.69, 9.17) is 0 Å². The Kier molecular flexibility index (Phi) is 3.75. The number of carbonyl (C=O) groups excluding carboxylic acids is 1. The summed E-state index contributed by atoms with van der Waals surface area (Å²) in [6.45, 7) is 2.92. The Labute approximate surface area is 135 Å². The molecule has 0 aliphatic carbocycles. The number of hydrogen-bond acceptors (Lipinski definition) is 3. The van der Waals surface area contributed by atoms with E-state index in [1.165, 1.54) is 36.8 Å². The summed E-state index contributed by atoms with van der Waals surface area (Å²) in [4.78, 5) is 16.5. The SMILES string of the molecule is Cc1c(NC(=O)c2cnn3cccnc23)ccc(C(F)(F)F)c1C. The molecule has 0 aliphatic rings. The first-order valence-corrected chi connectivity index (χ1v) is 7.06. The molecule has 24 heavy (non-hydrogen) atoms. The van der Waals surface area contributed by atoms with E-state index in [2.05, 4.69) is 15.4 Å². The van der Waals surface area contributed by atoms with Crippen LogP contribution in [0.4, 0.5) is 18.9 Å². The first-order valence-electron chi connectivity index (χ1n) is 7.06. The molecule has 0 aliphatic heterocycles.